The number of benzene rings is 1. The van der Waals surface area contributed by atoms with Gasteiger partial charge in [-0.15, -0.1) is 0 Å². The standard InChI is InChI=1S/C18H29NO/c1-13(2)15-7-9-16(10-8-15)18(20)12-19-17-6-4-5-14(3)11-17/h7-10,13-14,17-20H,4-6,11-12H2,1-3H3. The van der Waals surface area contributed by atoms with Crippen LogP contribution in [0.15, 0.2) is 24.3 Å². The molecule has 1 aromatic rings. The van der Waals surface area contributed by atoms with E-state index < -0.39 is 6.10 Å². The van der Waals surface area contributed by atoms with Crippen LogP contribution in [-0.2, 0) is 0 Å². The highest BCUT2D eigenvalue weighted by molar-refractivity contribution is 5.26. The van der Waals surface area contributed by atoms with Crippen molar-refractivity contribution in [2.75, 3.05) is 6.54 Å². The molecule has 3 unspecified atom stereocenters. The third-order valence-electron chi connectivity index (χ3n) is 4.52. The molecule has 0 heterocycles. The van der Waals surface area contributed by atoms with Crippen molar-refractivity contribution < 1.29 is 5.11 Å². The largest absolute Gasteiger partial charge is 0.387 e. The number of aliphatic hydroxyl groups is 1. The normalized spacial score (nSPS) is 24.9. The van der Waals surface area contributed by atoms with Crippen LogP contribution in [0.5, 0.6) is 0 Å². The highest BCUT2D eigenvalue weighted by Crippen LogP contribution is 2.24. The molecule has 0 aromatic heterocycles. The van der Waals surface area contributed by atoms with Crippen molar-refractivity contribution in [3.63, 3.8) is 0 Å². The smallest absolute Gasteiger partial charge is 0.0914 e. The van der Waals surface area contributed by atoms with Crippen molar-refractivity contribution >= 4 is 0 Å². The Kier molecular flexibility index (Phi) is 5.62. The van der Waals surface area contributed by atoms with Crippen molar-refractivity contribution in [3.05, 3.63) is 35.4 Å². The first-order valence-corrected chi connectivity index (χ1v) is 8.07. The highest BCUT2D eigenvalue weighted by atomic mass is 16.3. The maximum absolute atomic E-state index is 10.3. The summed E-state index contributed by atoms with van der Waals surface area (Å²) in [5, 5.41) is 13.8. The second-order valence-corrected chi connectivity index (χ2v) is 6.71. The number of hydrogen-bond donors (Lipinski definition) is 2. The van der Waals surface area contributed by atoms with Gasteiger partial charge in [-0.1, -0.05) is 57.9 Å². The Hall–Kier alpha value is -0.860. The predicted octanol–water partition coefficient (Wildman–Crippen LogP) is 4.01. The molecule has 1 fully saturated rings. The SMILES string of the molecule is CC1CCCC(NCC(O)c2ccc(C(C)C)cc2)C1. The van der Waals surface area contributed by atoms with E-state index in [0.717, 1.165) is 11.5 Å². The van der Waals surface area contributed by atoms with Gasteiger partial charge in [0.25, 0.3) is 0 Å². The molecule has 1 aliphatic carbocycles. The molecule has 0 bridgehead atoms. The molecule has 20 heavy (non-hydrogen) atoms. The van der Waals surface area contributed by atoms with Gasteiger partial charge in [-0.25, -0.2) is 0 Å². The van der Waals surface area contributed by atoms with Crippen molar-refractivity contribution in [2.24, 2.45) is 5.92 Å². The van der Waals surface area contributed by atoms with E-state index in [-0.39, 0.29) is 0 Å². The summed E-state index contributed by atoms with van der Waals surface area (Å²) < 4.78 is 0. The number of rotatable bonds is 5. The molecule has 2 nitrogen and oxygen atoms in total. The number of nitrogens with one attached hydrogen (secondary N) is 1. The lowest BCUT2D eigenvalue weighted by molar-refractivity contribution is 0.162. The van der Waals surface area contributed by atoms with Gasteiger partial charge < -0.3 is 10.4 Å². The number of aliphatic hydroxyl groups excluding tert-OH is 1. The maximum Gasteiger partial charge on any atom is 0.0914 e. The Morgan fingerprint density at radius 1 is 1.15 bits per heavy atom. The highest BCUT2D eigenvalue weighted by Gasteiger charge is 2.19. The van der Waals surface area contributed by atoms with Crippen molar-refractivity contribution in [2.45, 2.75) is 64.5 Å². The van der Waals surface area contributed by atoms with Gasteiger partial charge in [0.2, 0.25) is 0 Å². The molecule has 112 valence electrons. The Bertz CT molecular complexity index is 398. The van der Waals surface area contributed by atoms with E-state index in [1.807, 2.05) is 0 Å². The van der Waals surface area contributed by atoms with Crippen LogP contribution in [0, 0.1) is 5.92 Å². The lowest BCUT2D eigenvalue weighted by atomic mass is 9.87. The molecule has 3 atom stereocenters. The van der Waals surface area contributed by atoms with E-state index in [4.69, 9.17) is 0 Å². The molecule has 0 aliphatic heterocycles. The summed E-state index contributed by atoms with van der Waals surface area (Å²) in [5.41, 5.74) is 2.35. The van der Waals surface area contributed by atoms with Crippen LogP contribution in [0.3, 0.4) is 0 Å². The summed E-state index contributed by atoms with van der Waals surface area (Å²) >= 11 is 0. The zero-order valence-electron chi connectivity index (χ0n) is 13.1. The lowest BCUT2D eigenvalue weighted by Crippen LogP contribution is -2.36. The first-order valence-electron chi connectivity index (χ1n) is 8.07. The summed E-state index contributed by atoms with van der Waals surface area (Å²) in [7, 11) is 0. The van der Waals surface area contributed by atoms with Gasteiger partial charge in [-0.05, 0) is 35.8 Å². The van der Waals surface area contributed by atoms with E-state index >= 15 is 0 Å². The first-order chi connectivity index (χ1) is 9.56. The predicted molar refractivity (Wildman–Crippen MR) is 84.9 cm³/mol. The average Bonchev–Trinajstić information content (AvgIpc) is 2.45. The summed E-state index contributed by atoms with van der Waals surface area (Å²) in [6.45, 7) is 7.38. The van der Waals surface area contributed by atoms with Crippen LogP contribution in [0.25, 0.3) is 0 Å². The Morgan fingerprint density at radius 3 is 2.40 bits per heavy atom. The van der Waals surface area contributed by atoms with Gasteiger partial charge in [0.05, 0.1) is 6.10 Å². The average molecular weight is 275 g/mol. The van der Waals surface area contributed by atoms with Gasteiger partial charge in [0.15, 0.2) is 0 Å². The fourth-order valence-electron chi connectivity index (χ4n) is 3.12. The molecule has 1 aromatic carbocycles. The Labute approximate surface area is 123 Å². The molecule has 2 heteroatoms. The fourth-order valence-corrected chi connectivity index (χ4v) is 3.12. The molecule has 0 spiro atoms. The summed E-state index contributed by atoms with van der Waals surface area (Å²) in [6, 6.07) is 8.97. The first kappa shape index (κ1) is 15.5. The van der Waals surface area contributed by atoms with Crippen molar-refractivity contribution in [1.29, 1.82) is 0 Å². The monoisotopic (exact) mass is 275 g/mol. The van der Waals surface area contributed by atoms with E-state index in [0.29, 0.717) is 18.5 Å². The minimum absolute atomic E-state index is 0.395. The third-order valence-corrected chi connectivity index (χ3v) is 4.52. The van der Waals surface area contributed by atoms with E-state index in [1.54, 1.807) is 0 Å². The fraction of sp³-hybridized carbons (Fsp3) is 0.667. The van der Waals surface area contributed by atoms with Gasteiger partial charge in [0, 0.05) is 12.6 Å². The van der Waals surface area contributed by atoms with Crippen LogP contribution in [0.2, 0.25) is 0 Å². The Balaban J connectivity index is 1.83. The van der Waals surface area contributed by atoms with Gasteiger partial charge in [-0.3, -0.25) is 0 Å². The van der Waals surface area contributed by atoms with Gasteiger partial charge in [0.1, 0.15) is 0 Å². The lowest BCUT2D eigenvalue weighted by Gasteiger charge is -2.28. The van der Waals surface area contributed by atoms with Crippen LogP contribution in [0.1, 0.15) is 69.6 Å². The van der Waals surface area contributed by atoms with Gasteiger partial charge >= 0.3 is 0 Å². The molecular weight excluding hydrogens is 246 g/mol. The minimum Gasteiger partial charge on any atom is -0.387 e. The van der Waals surface area contributed by atoms with Gasteiger partial charge in [-0.2, -0.15) is 0 Å². The molecule has 0 saturated heterocycles. The summed E-state index contributed by atoms with van der Waals surface area (Å²) in [6.07, 6.45) is 4.78. The summed E-state index contributed by atoms with van der Waals surface area (Å²) in [4.78, 5) is 0. The van der Waals surface area contributed by atoms with E-state index in [1.165, 1.54) is 31.2 Å². The quantitative estimate of drug-likeness (QED) is 0.851. The topological polar surface area (TPSA) is 32.3 Å². The zero-order chi connectivity index (χ0) is 14.5. The van der Waals surface area contributed by atoms with Crippen LogP contribution in [0.4, 0.5) is 0 Å². The molecule has 2 rings (SSSR count). The van der Waals surface area contributed by atoms with Crippen molar-refractivity contribution in [1.82, 2.24) is 5.32 Å². The second kappa shape index (κ2) is 7.24. The van der Waals surface area contributed by atoms with Crippen LogP contribution < -0.4 is 5.32 Å². The van der Waals surface area contributed by atoms with E-state index in [9.17, 15) is 5.11 Å². The molecular formula is C18H29NO. The van der Waals surface area contributed by atoms with E-state index in [2.05, 4.69) is 50.4 Å². The van der Waals surface area contributed by atoms with Crippen LogP contribution >= 0.6 is 0 Å². The van der Waals surface area contributed by atoms with Crippen LogP contribution in [-0.4, -0.2) is 17.7 Å². The molecule has 1 saturated carbocycles. The molecule has 0 radical (unpaired) electrons. The molecule has 2 N–H and O–H groups in total. The number of hydrogen-bond acceptors (Lipinski definition) is 2. The Morgan fingerprint density at radius 2 is 1.80 bits per heavy atom. The van der Waals surface area contributed by atoms with Crippen molar-refractivity contribution in [3.8, 4) is 0 Å². The third kappa shape index (κ3) is 4.32. The zero-order valence-corrected chi connectivity index (χ0v) is 13.1. The minimum atomic E-state index is -0.395. The second-order valence-electron chi connectivity index (χ2n) is 6.71. The summed E-state index contributed by atoms with van der Waals surface area (Å²) in [5.74, 6) is 1.37. The molecule has 0 amide bonds. The molecule has 1 aliphatic rings. The maximum atomic E-state index is 10.3.